The molecule has 1 N–H and O–H groups in total. The van der Waals surface area contributed by atoms with Gasteiger partial charge in [-0.1, -0.05) is 24.3 Å². The molecule has 1 aromatic rings. The van der Waals surface area contributed by atoms with Gasteiger partial charge in [0.25, 0.3) is 0 Å². The van der Waals surface area contributed by atoms with E-state index in [-0.39, 0.29) is 5.91 Å². The highest BCUT2D eigenvalue weighted by atomic mass is 16.2. The smallest absolute Gasteiger partial charge is 0.222 e. The lowest BCUT2D eigenvalue weighted by atomic mass is 9.87. The average Bonchev–Trinajstić information content (AvgIpc) is 2.35. The summed E-state index contributed by atoms with van der Waals surface area (Å²) in [5.41, 5.74) is 2.79. The third-order valence-corrected chi connectivity index (χ3v) is 3.41. The van der Waals surface area contributed by atoms with Gasteiger partial charge in [-0.05, 0) is 23.5 Å². The van der Waals surface area contributed by atoms with E-state index in [0.29, 0.717) is 12.3 Å². The molecule has 1 unspecified atom stereocenters. The minimum Gasteiger partial charge on any atom is -0.349 e. The lowest BCUT2D eigenvalue weighted by Crippen LogP contribution is -2.29. The zero-order chi connectivity index (χ0) is 12.3. The predicted molar refractivity (Wildman–Crippen MR) is 68.8 cm³/mol. The summed E-state index contributed by atoms with van der Waals surface area (Å²) in [5, 5.41) is 3.42. The molecule has 0 aliphatic carbocycles. The van der Waals surface area contributed by atoms with E-state index in [2.05, 4.69) is 29.6 Å². The van der Waals surface area contributed by atoms with Crippen molar-refractivity contribution in [2.75, 3.05) is 20.6 Å². The zero-order valence-electron chi connectivity index (χ0n) is 10.6. The van der Waals surface area contributed by atoms with Crippen molar-refractivity contribution in [3.63, 3.8) is 0 Å². The fourth-order valence-electron chi connectivity index (χ4n) is 2.36. The van der Waals surface area contributed by atoms with Crippen LogP contribution in [0.2, 0.25) is 0 Å². The summed E-state index contributed by atoms with van der Waals surface area (Å²) < 4.78 is 0. The molecule has 0 spiro atoms. The molecule has 0 saturated heterocycles. The molecule has 0 fully saturated rings. The van der Waals surface area contributed by atoms with E-state index in [9.17, 15) is 4.79 Å². The predicted octanol–water partition coefficient (Wildman–Crippen LogP) is 1.74. The molecule has 92 valence electrons. The Balaban J connectivity index is 2.01. The summed E-state index contributed by atoms with van der Waals surface area (Å²) in [4.78, 5) is 13.3. The van der Waals surface area contributed by atoms with Crippen molar-refractivity contribution >= 4 is 5.91 Å². The molecule has 1 aliphatic heterocycles. The molecule has 17 heavy (non-hydrogen) atoms. The first-order chi connectivity index (χ1) is 8.18. The summed E-state index contributed by atoms with van der Waals surface area (Å²) in [6, 6.07) is 8.53. The molecule has 0 aromatic heterocycles. The van der Waals surface area contributed by atoms with Gasteiger partial charge in [0.1, 0.15) is 0 Å². The van der Waals surface area contributed by atoms with E-state index < -0.39 is 0 Å². The SMILES string of the molecule is CN(C)C(=O)CCC1CNCc2ccccc21. The first-order valence-electron chi connectivity index (χ1n) is 6.17. The summed E-state index contributed by atoms with van der Waals surface area (Å²) >= 11 is 0. The van der Waals surface area contributed by atoms with Crippen LogP contribution in [0.25, 0.3) is 0 Å². The number of nitrogens with one attached hydrogen (secondary N) is 1. The zero-order valence-corrected chi connectivity index (χ0v) is 10.6. The third kappa shape index (κ3) is 2.86. The molecule has 3 heteroatoms. The Hall–Kier alpha value is -1.35. The summed E-state index contributed by atoms with van der Waals surface area (Å²) in [6.07, 6.45) is 1.56. The maximum absolute atomic E-state index is 11.6. The van der Waals surface area contributed by atoms with Gasteiger partial charge in [0.2, 0.25) is 5.91 Å². The lowest BCUT2D eigenvalue weighted by Gasteiger charge is -2.26. The molecule has 0 saturated carbocycles. The Morgan fingerprint density at radius 1 is 1.41 bits per heavy atom. The van der Waals surface area contributed by atoms with Gasteiger partial charge >= 0.3 is 0 Å². The Labute approximate surface area is 103 Å². The number of hydrogen-bond acceptors (Lipinski definition) is 2. The number of nitrogens with zero attached hydrogens (tertiary/aromatic N) is 1. The van der Waals surface area contributed by atoms with Gasteiger partial charge in [0.05, 0.1) is 0 Å². The van der Waals surface area contributed by atoms with Crippen molar-refractivity contribution in [2.24, 2.45) is 0 Å². The highest BCUT2D eigenvalue weighted by molar-refractivity contribution is 5.75. The van der Waals surface area contributed by atoms with E-state index in [1.54, 1.807) is 4.90 Å². The summed E-state index contributed by atoms with van der Waals surface area (Å²) in [7, 11) is 3.63. The van der Waals surface area contributed by atoms with Crippen LogP contribution in [-0.4, -0.2) is 31.4 Å². The molecule has 1 aliphatic rings. The molecule has 3 nitrogen and oxygen atoms in total. The van der Waals surface area contributed by atoms with Crippen LogP contribution < -0.4 is 5.32 Å². The molecular weight excluding hydrogens is 212 g/mol. The van der Waals surface area contributed by atoms with Gasteiger partial charge in [-0.25, -0.2) is 0 Å². The normalized spacial score (nSPS) is 18.6. The van der Waals surface area contributed by atoms with Gasteiger partial charge in [0.15, 0.2) is 0 Å². The highest BCUT2D eigenvalue weighted by Gasteiger charge is 2.20. The summed E-state index contributed by atoms with van der Waals surface area (Å²) in [6.45, 7) is 1.94. The number of benzene rings is 1. The first-order valence-corrected chi connectivity index (χ1v) is 6.17. The van der Waals surface area contributed by atoms with Gasteiger partial charge in [-0.15, -0.1) is 0 Å². The Morgan fingerprint density at radius 3 is 2.94 bits per heavy atom. The third-order valence-electron chi connectivity index (χ3n) is 3.41. The Bertz CT molecular complexity index is 401. The van der Waals surface area contributed by atoms with Crippen LogP contribution >= 0.6 is 0 Å². The number of carbonyl (C=O) groups is 1. The molecule has 1 heterocycles. The van der Waals surface area contributed by atoms with Crippen LogP contribution in [-0.2, 0) is 11.3 Å². The molecule has 1 amide bonds. The van der Waals surface area contributed by atoms with E-state index in [1.165, 1.54) is 11.1 Å². The van der Waals surface area contributed by atoms with Crippen molar-refractivity contribution < 1.29 is 4.79 Å². The number of hydrogen-bond donors (Lipinski definition) is 1. The quantitative estimate of drug-likeness (QED) is 0.861. The minimum absolute atomic E-state index is 0.216. The second-order valence-corrected chi connectivity index (χ2v) is 4.85. The van der Waals surface area contributed by atoms with Crippen LogP contribution in [0.1, 0.15) is 29.9 Å². The van der Waals surface area contributed by atoms with Crippen molar-refractivity contribution in [2.45, 2.75) is 25.3 Å². The van der Waals surface area contributed by atoms with E-state index in [0.717, 1.165) is 19.5 Å². The Kier molecular flexibility index (Phi) is 3.79. The van der Waals surface area contributed by atoms with Gasteiger partial charge in [-0.3, -0.25) is 4.79 Å². The molecule has 0 radical (unpaired) electrons. The van der Waals surface area contributed by atoms with E-state index in [4.69, 9.17) is 0 Å². The number of rotatable bonds is 3. The number of carbonyl (C=O) groups excluding carboxylic acids is 1. The largest absolute Gasteiger partial charge is 0.349 e. The maximum Gasteiger partial charge on any atom is 0.222 e. The van der Waals surface area contributed by atoms with Crippen LogP contribution in [0.15, 0.2) is 24.3 Å². The van der Waals surface area contributed by atoms with Crippen LogP contribution in [0, 0.1) is 0 Å². The first kappa shape index (κ1) is 12.1. The van der Waals surface area contributed by atoms with Crippen molar-refractivity contribution in [1.82, 2.24) is 10.2 Å². The van der Waals surface area contributed by atoms with Crippen molar-refractivity contribution in [1.29, 1.82) is 0 Å². The standard InChI is InChI=1S/C14H20N2O/c1-16(2)14(17)8-7-12-10-15-9-11-5-3-4-6-13(11)12/h3-6,12,15H,7-10H2,1-2H3. The monoisotopic (exact) mass is 232 g/mol. The second-order valence-electron chi connectivity index (χ2n) is 4.85. The van der Waals surface area contributed by atoms with Gasteiger partial charge < -0.3 is 10.2 Å². The molecule has 1 aromatic carbocycles. The highest BCUT2D eigenvalue weighted by Crippen LogP contribution is 2.27. The molecule has 1 atom stereocenters. The molecular formula is C14H20N2O. The minimum atomic E-state index is 0.216. The van der Waals surface area contributed by atoms with Crippen molar-refractivity contribution in [3.8, 4) is 0 Å². The van der Waals surface area contributed by atoms with E-state index >= 15 is 0 Å². The average molecular weight is 232 g/mol. The lowest BCUT2D eigenvalue weighted by molar-refractivity contribution is -0.128. The van der Waals surface area contributed by atoms with Crippen molar-refractivity contribution in [3.05, 3.63) is 35.4 Å². The topological polar surface area (TPSA) is 32.3 Å². The number of amides is 1. The summed E-state index contributed by atoms with van der Waals surface area (Å²) in [5.74, 6) is 0.692. The number of fused-ring (bicyclic) bond motifs is 1. The molecule has 0 bridgehead atoms. The van der Waals surface area contributed by atoms with Crippen LogP contribution in [0.5, 0.6) is 0 Å². The van der Waals surface area contributed by atoms with Crippen LogP contribution in [0.3, 0.4) is 0 Å². The fraction of sp³-hybridized carbons (Fsp3) is 0.500. The maximum atomic E-state index is 11.6. The van der Waals surface area contributed by atoms with Crippen LogP contribution in [0.4, 0.5) is 0 Å². The fourth-order valence-corrected chi connectivity index (χ4v) is 2.36. The Morgan fingerprint density at radius 2 is 2.18 bits per heavy atom. The van der Waals surface area contributed by atoms with E-state index in [1.807, 2.05) is 14.1 Å². The molecule has 2 rings (SSSR count). The van der Waals surface area contributed by atoms with Gasteiger partial charge in [-0.2, -0.15) is 0 Å². The van der Waals surface area contributed by atoms with Gasteiger partial charge in [0, 0.05) is 33.6 Å². The second kappa shape index (κ2) is 5.32.